The van der Waals surface area contributed by atoms with E-state index in [2.05, 4.69) is 19.2 Å². The molecule has 1 aromatic rings. The summed E-state index contributed by atoms with van der Waals surface area (Å²) >= 11 is 0. The maximum absolute atomic E-state index is 11.9. The Morgan fingerprint density at radius 2 is 2.00 bits per heavy atom. The molecule has 0 bridgehead atoms. The highest BCUT2D eigenvalue weighted by Gasteiger charge is 2.25. The van der Waals surface area contributed by atoms with Gasteiger partial charge in [-0.25, -0.2) is 0 Å². The van der Waals surface area contributed by atoms with Gasteiger partial charge in [-0.2, -0.15) is 0 Å². The molecule has 0 aromatic heterocycles. The highest BCUT2D eigenvalue weighted by molar-refractivity contribution is 5.76. The number of ether oxygens (including phenoxy) is 1. The molecule has 0 aliphatic heterocycles. The van der Waals surface area contributed by atoms with Crippen molar-refractivity contribution in [2.24, 2.45) is 11.7 Å². The molecule has 4 heteroatoms. The molecule has 0 aliphatic carbocycles. The monoisotopic (exact) mass is 278 g/mol. The Bertz CT molecular complexity index is 406. The van der Waals surface area contributed by atoms with E-state index >= 15 is 0 Å². The Morgan fingerprint density at radius 1 is 1.35 bits per heavy atom. The molecule has 0 saturated heterocycles. The average molecular weight is 278 g/mol. The summed E-state index contributed by atoms with van der Waals surface area (Å²) in [7, 11) is 0. The average Bonchev–Trinajstić information content (AvgIpc) is 2.39. The zero-order valence-electron chi connectivity index (χ0n) is 12.7. The molecule has 0 heterocycles. The van der Waals surface area contributed by atoms with Gasteiger partial charge in [-0.05, 0) is 31.4 Å². The van der Waals surface area contributed by atoms with E-state index in [9.17, 15) is 4.79 Å². The standard InChI is InChI=1S/C16H26N2O2/c1-13(2)11-16(3,12-17)18-15(19)9-10-20-14-7-5-4-6-8-14/h4-8,13H,9-12,17H2,1-3H3,(H,18,19). The van der Waals surface area contributed by atoms with Gasteiger partial charge in [-0.15, -0.1) is 0 Å². The predicted octanol–water partition coefficient (Wildman–Crippen LogP) is 2.34. The number of nitrogens with two attached hydrogens (primary N) is 1. The Kier molecular flexibility index (Phi) is 6.52. The molecular weight excluding hydrogens is 252 g/mol. The molecule has 0 spiro atoms. The van der Waals surface area contributed by atoms with E-state index in [4.69, 9.17) is 10.5 Å². The third-order valence-electron chi connectivity index (χ3n) is 3.09. The van der Waals surface area contributed by atoms with Crippen molar-refractivity contribution in [3.05, 3.63) is 30.3 Å². The van der Waals surface area contributed by atoms with E-state index in [0.717, 1.165) is 12.2 Å². The molecule has 1 aromatic carbocycles. The molecule has 3 N–H and O–H groups in total. The van der Waals surface area contributed by atoms with E-state index < -0.39 is 0 Å². The van der Waals surface area contributed by atoms with Crippen molar-refractivity contribution >= 4 is 5.91 Å². The van der Waals surface area contributed by atoms with Crippen molar-refractivity contribution in [2.45, 2.75) is 39.2 Å². The first kappa shape index (κ1) is 16.5. The number of para-hydroxylation sites is 1. The number of amides is 1. The number of carbonyl (C=O) groups is 1. The lowest BCUT2D eigenvalue weighted by molar-refractivity contribution is -0.123. The lowest BCUT2D eigenvalue weighted by atomic mass is 9.90. The molecule has 1 atom stereocenters. The van der Waals surface area contributed by atoms with E-state index in [-0.39, 0.29) is 11.4 Å². The largest absolute Gasteiger partial charge is 0.493 e. The first-order valence-corrected chi connectivity index (χ1v) is 7.14. The Morgan fingerprint density at radius 3 is 2.55 bits per heavy atom. The molecule has 1 rings (SSSR count). The van der Waals surface area contributed by atoms with Gasteiger partial charge in [0.25, 0.3) is 0 Å². The molecule has 112 valence electrons. The summed E-state index contributed by atoms with van der Waals surface area (Å²) in [6.45, 7) is 7.05. The first-order chi connectivity index (χ1) is 9.45. The van der Waals surface area contributed by atoms with Crippen molar-refractivity contribution in [2.75, 3.05) is 13.2 Å². The van der Waals surface area contributed by atoms with Crippen LogP contribution < -0.4 is 15.8 Å². The van der Waals surface area contributed by atoms with Crippen molar-refractivity contribution < 1.29 is 9.53 Å². The molecule has 4 nitrogen and oxygen atoms in total. The van der Waals surface area contributed by atoms with Crippen LogP contribution in [0.5, 0.6) is 5.75 Å². The number of rotatable bonds is 8. The first-order valence-electron chi connectivity index (χ1n) is 7.14. The van der Waals surface area contributed by atoms with E-state index in [1.807, 2.05) is 37.3 Å². The highest BCUT2D eigenvalue weighted by atomic mass is 16.5. The van der Waals surface area contributed by atoms with Crippen LogP contribution in [0, 0.1) is 5.92 Å². The highest BCUT2D eigenvalue weighted by Crippen LogP contribution is 2.15. The number of nitrogens with one attached hydrogen (secondary N) is 1. The topological polar surface area (TPSA) is 64.3 Å². The third-order valence-corrected chi connectivity index (χ3v) is 3.09. The van der Waals surface area contributed by atoms with Gasteiger partial charge in [0, 0.05) is 12.1 Å². The second kappa shape index (κ2) is 7.90. The number of benzene rings is 1. The molecular formula is C16H26N2O2. The van der Waals surface area contributed by atoms with E-state index in [1.165, 1.54) is 0 Å². The van der Waals surface area contributed by atoms with Crippen LogP contribution in [-0.4, -0.2) is 24.6 Å². The summed E-state index contributed by atoms with van der Waals surface area (Å²) in [4.78, 5) is 11.9. The summed E-state index contributed by atoms with van der Waals surface area (Å²) in [5.74, 6) is 1.25. The maximum Gasteiger partial charge on any atom is 0.223 e. The number of hydrogen-bond donors (Lipinski definition) is 2. The minimum Gasteiger partial charge on any atom is -0.493 e. The van der Waals surface area contributed by atoms with Crippen molar-refractivity contribution in [3.63, 3.8) is 0 Å². The molecule has 1 unspecified atom stereocenters. The quantitative estimate of drug-likeness (QED) is 0.767. The van der Waals surface area contributed by atoms with Gasteiger partial charge >= 0.3 is 0 Å². The van der Waals surface area contributed by atoms with Crippen molar-refractivity contribution in [3.8, 4) is 5.75 Å². The van der Waals surface area contributed by atoms with Gasteiger partial charge in [0.15, 0.2) is 0 Å². The van der Waals surface area contributed by atoms with Gasteiger partial charge in [0.1, 0.15) is 5.75 Å². The summed E-state index contributed by atoms with van der Waals surface area (Å²) in [5, 5.41) is 3.02. The van der Waals surface area contributed by atoms with Crippen LogP contribution >= 0.6 is 0 Å². The smallest absolute Gasteiger partial charge is 0.223 e. The minimum atomic E-state index is -0.335. The van der Waals surface area contributed by atoms with Crippen LogP contribution in [0.15, 0.2) is 30.3 Å². The zero-order chi connectivity index (χ0) is 15.0. The fourth-order valence-electron chi connectivity index (χ4n) is 2.26. The summed E-state index contributed by atoms with van der Waals surface area (Å²) in [6, 6.07) is 9.49. The second-order valence-corrected chi connectivity index (χ2v) is 5.82. The van der Waals surface area contributed by atoms with Gasteiger partial charge in [-0.1, -0.05) is 32.0 Å². The fourth-order valence-corrected chi connectivity index (χ4v) is 2.26. The molecule has 0 aliphatic rings. The van der Waals surface area contributed by atoms with Crippen molar-refractivity contribution in [1.82, 2.24) is 5.32 Å². The normalized spacial score (nSPS) is 13.8. The van der Waals surface area contributed by atoms with Gasteiger partial charge < -0.3 is 15.8 Å². The molecule has 0 radical (unpaired) electrons. The van der Waals surface area contributed by atoms with Gasteiger partial charge in [0.2, 0.25) is 5.91 Å². The molecule has 1 amide bonds. The van der Waals surface area contributed by atoms with Crippen LogP contribution in [0.2, 0.25) is 0 Å². The van der Waals surface area contributed by atoms with E-state index in [0.29, 0.717) is 25.5 Å². The number of hydrogen-bond acceptors (Lipinski definition) is 3. The Hall–Kier alpha value is -1.55. The maximum atomic E-state index is 11.9. The van der Waals surface area contributed by atoms with Crippen LogP contribution in [0.25, 0.3) is 0 Å². The summed E-state index contributed by atoms with van der Waals surface area (Å²) in [6.07, 6.45) is 1.21. The Balaban J connectivity index is 2.35. The lowest BCUT2D eigenvalue weighted by Crippen LogP contribution is -2.52. The summed E-state index contributed by atoms with van der Waals surface area (Å²) in [5.41, 5.74) is 5.44. The molecule has 0 saturated carbocycles. The molecule has 0 fully saturated rings. The van der Waals surface area contributed by atoms with Crippen LogP contribution in [0.4, 0.5) is 0 Å². The minimum absolute atomic E-state index is 0.0190. The number of carbonyl (C=O) groups excluding carboxylic acids is 1. The van der Waals surface area contributed by atoms with Crippen molar-refractivity contribution in [1.29, 1.82) is 0 Å². The third kappa shape index (κ3) is 6.06. The lowest BCUT2D eigenvalue weighted by Gasteiger charge is -2.31. The van der Waals surface area contributed by atoms with E-state index in [1.54, 1.807) is 0 Å². The van der Waals surface area contributed by atoms with Gasteiger partial charge in [-0.3, -0.25) is 4.79 Å². The molecule has 20 heavy (non-hydrogen) atoms. The predicted molar refractivity (Wildman–Crippen MR) is 81.6 cm³/mol. The fraction of sp³-hybridized carbons (Fsp3) is 0.562. The SMILES string of the molecule is CC(C)CC(C)(CN)NC(=O)CCOc1ccccc1. The van der Waals surface area contributed by atoms with Gasteiger partial charge in [0.05, 0.1) is 13.0 Å². The van der Waals surface area contributed by atoms with Crippen LogP contribution in [0.1, 0.15) is 33.6 Å². The van der Waals surface area contributed by atoms with Crippen LogP contribution in [0.3, 0.4) is 0 Å². The Labute approximate surface area is 121 Å². The van der Waals surface area contributed by atoms with Crippen LogP contribution in [-0.2, 0) is 4.79 Å². The zero-order valence-corrected chi connectivity index (χ0v) is 12.7. The summed E-state index contributed by atoms with van der Waals surface area (Å²) < 4.78 is 5.51. The second-order valence-electron chi connectivity index (χ2n) is 5.82.